The van der Waals surface area contributed by atoms with E-state index in [1.165, 1.54) is 4.90 Å². The fraction of sp³-hybridized carbons (Fsp3) is 0.467. The Kier molecular flexibility index (Phi) is 3.96. The highest BCUT2D eigenvalue weighted by atomic mass is 19.1. The fourth-order valence-corrected chi connectivity index (χ4v) is 2.67. The van der Waals surface area contributed by atoms with Crippen LogP contribution < -0.4 is 10.6 Å². The highest BCUT2D eigenvalue weighted by Gasteiger charge is 2.36. The molecule has 22 heavy (non-hydrogen) atoms. The van der Waals surface area contributed by atoms with Crippen molar-refractivity contribution in [2.45, 2.75) is 18.9 Å². The molecule has 2 aliphatic rings. The van der Waals surface area contributed by atoms with Gasteiger partial charge in [0.1, 0.15) is 18.2 Å². The van der Waals surface area contributed by atoms with Crippen LogP contribution in [0.3, 0.4) is 0 Å². The summed E-state index contributed by atoms with van der Waals surface area (Å²) in [4.78, 5) is 25.0. The van der Waals surface area contributed by atoms with Gasteiger partial charge in [0.25, 0.3) is 0 Å². The summed E-state index contributed by atoms with van der Waals surface area (Å²) in [5.41, 5.74) is 0.164. The van der Waals surface area contributed by atoms with Gasteiger partial charge in [0.15, 0.2) is 0 Å². The lowest BCUT2D eigenvalue weighted by Gasteiger charge is -2.29. The molecule has 5 nitrogen and oxygen atoms in total. The summed E-state index contributed by atoms with van der Waals surface area (Å²) in [6.45, 7) is 0.782. The molecule has 118 valence electrons. The Morgan fingerprint density at radius 3 is 2.82 bits per heavy atom. The van der Waals surface area contributed by atoms with E-state index in [1.54, 1.807) is 0 Å². The predicted molar refractivity (Wildman–Crippen MR) is 74.9 cm³/mol. The minimum Gasteiger partial charge on any atom is -0.353 e. The SMILES string of the molecule is O=C1CN(C(=O)N[C@H](c2cc(F)ccc2F)C2CC2)CCN1. The van der Waals surface area contributed by atoms with Gasteiger partial charge in [0.05, 0.1) is 6.04 Å². The van der Waals surface area contributed by atoms with Gasteiger partial charge in [-0.05, 0) is 37.0 Å². The van der Waals surface area contributed by atoms with Crippen LogP contribution in [0, 0.1) is 17.6 Å². The average Bonchev–Trinajstić information content (AvgIpc) is 3.32. The van der Waals surface area contributed by atoms with Crippen molar-refractivity contribution in [3.05, 3.63) is 35.4 Å². The first kappa shape index (κ1) is 14.7. The third kappa shape index (κ3) is 3.18. The molecule has 1 aliphatic carbocycles. The number of rotatable bonds is 3. The molecule has 3 rings (SSSR count). The Morgan fingerprint density at radius 2 is 2.14 bits per heavy atom. The topological polar surface area (TPSA) is 61.4 Å². The van der Waals surface area contributed by atoms with E-state index in [0.717, 1.165) is 31.0 Å². The first-order valence-electron chi connectivity index (χ1n) is 7.31. The molecular weight excluding hydrogens is 292 g/mol. The molecule has 1 aromatic carbocycles. The number of nitrogens with one attached hydrogen (secondary N) is 2. The van der Waals surface area contributed by atoms with Crippen LogP contribution in [-0.2, 0) is 4.79 Å². The molecule has 0 radical (unpaired) electrons. The summed E-state index contributed by atoms with van der Waals surface area (Å²) in [6, 6.07) is 2.27. The Bertz CT molecular complexity index is 604. The second kappa shape index (κ2) is 5.90. The lowest BCUT2D eigenvalue weighted by atomic mass is 10.0. The third-order valence-electron chi connectivity index (χ3n) is 3.99. The Balaban J connectivity index is 1.76. The average molecular weight is 309 g/mol. The molecule has 1 saturated carbocycles. The summed E-state index contributed by atoms with van der Waals surface area (Å²) in [5, 5.41) is 5.39. The maximum atomic E-state index is 14.0. The number of amides is 3. The van der Waals surface area contributed by atoms with Crippen molar-refractivity contribution in [3.63, 3.8) is 0 Å². The van der Waals surface area contributed by atoms with Crippen LogP contribution in [0.2, 0.25) is 0 Å². The molecule has 2 fully saturated rings. The summed E-state index contributed by atoms with van der Waals surface area (Å²) >= 11 is 0. The highest BCUT2D eigenvalue weighted by molar-refractivity contribution is 5.85. The van der Waals surface area contributed by atoms with Crippen LogP contribution in [0.4, 0.5) is 13.6 Å². The van der Waals surface area contributed by atoms with E-state index >= 15 is 0 Å². The molecule has 7 heteroatoms. The van der Waals surface area contributed by atoms with Crippen molar-refractivity contribution in [3.8, 4) is 0 Å². The molecule has 2 N–H and O–H groups in total. The molecular formula is C15H17F2N3O2. The molecule has 0 bridgehead atoms. The maximum absolute atomic E-state index is 14.0. The number of hydrogen-bond donors (Lipinski definition) is 2. The Morgan fingerprint density at radius 1 is 1.36 bits per heavy atom. The normalized spacial score (nSPS) is 19.5. The van der Waals surface area contributed by atoms with Gasteiger partial charge in [-0.3, -0.25) is 4.79 Å². The van der Waals surface area contributed by atoms with E-state index in [0.29, 0.717) is 13.1 Å². The van der Waals surface area contributed by atoms with Crippen LogP contribution >= 0.6 is 0 Å². The number of carbonyl (C=O) groups excluding carboxylic acids is 2. The van der Waals surface area contributed by atoms with Gasteiger partial charge < -0.3 is 15.5 Å². The molecule has 1 aliphatic heterocycles. The number of benzene rings is 1. The minimum absolute atomic E-state index is 0.0190. The number of piperazine rings is 1. The summed E-state index contributed by atoms with van der Waals surface area (Å²) in [6.07, 6.45) is 1.72. The number of hydrogen-bond acceptors (Lipinski definition) is 2. The molecule has 1 aromatic rings. The molecule has 1 atom stereocenters. The van der Waals surface area contributed by atoms with Crippen molar-refractivity contribution in [1.29, 1.82) is 0 Å². The molecule has 0 aromatic heterocycles. The van der Waals surface area contributed by atoms with Gasteiger partial charge in [-0.25, -0.2) is 13.6 Å². The fourth-order valence-electron chi connectivity index (χ4n) is 2.67. The predicted octanol–water partition coefficient (Wildman–Crippen LogP) is 1.56. The van der Waals surface area contributed by atoms with Crippen molar-refractivity contribution >= 4 is 11.9 Å². The number of carbonyl (C=O) groups is 2. The zero-order valence-electron chi connectivity index (χ0n) is 11.9. The standard InChI is InChI=1S/C15H17F2N3O2/c16-10-3-4-12(17)11(7-10)14(9-1-2-9)19-15(22)20-6-5-18-13(21)8-20/h3-4,7,9,14H,1-2,5-6,8H2,(H,18,21)(H,19,22)/t14-/m0/s1. The van der Waals surface area contributed by atoms with E-state index < -0.39 is 23.7 Å². The highest BCUT2D eigenvalue weighted by Crippen LogP contribution is 2.42. The summed E-state index contributed by atoms with van der Waals surface area (Å²) in [7, 11) is 0. The van der Waals surface area contributed by atoms with Gasteiger partial charge >= 0.3 is 6.03 Å². The van der Waals surface area contributed by atoms with E-state index in [-0.39, 0.29) is 23.9 Å². The first-order chi connectivity index (χ1) is 10.5. The van der Waals surface area contributed by atoms with Crippen molar-refractivity contribution in [1.82, 2.24) is 15.5 Å². The number of urea groups is 1. The van der Waals surface area contributed by atoms with Gasteiger partial charge in [-0.2, -0.15) is 0 Å². The monoisotopic (exact) mass is 309 g/mol. The first-order valence-corrected chi connectivity index (χ1v) is 7.31. The molecule has 0 spiro atoms. The molecule has 0 unspecified atom stereocenters. The van der Waals surface area contributed by atoms with Crippen LogP contribution in [-0.4, -0.2) is 36.5 Å². The second-order valence-electron chi connectivity index (χ2n) is 5.70. The van der Waals surface area contributed by atoms with Crippen molar-refractivity contribution in [2.24, 2.45) is 5.92 Å². The van der Waals surface area contributed by atoms with Gasteiger partial charge in [0, 0.05) is 18.7 Å². The molecule has 1 saturated heterocycles. The van der Waals surface area contributed by atoms with E-state index in [4.69, 9.17) is 0 Å². The number of nitrogens with zero attached hydrogens (tertiary/aromatic N) is 1. The van der Waals surface area contributed by atoms with Crippen LogP contribution in [0.5, 0.6) is 0 Å². The minimum atomic E-state index is -0.562. The zero-order chi connectivity index (χ0) is 15.7. The van der Waals surface area contributed by atoms with Crippen molar-refractivity contribution < 1.29 is 18.4 Å². The summed E-state index contributed by atoms with van der Waals surface area (Å²) in [5.74, 6) is -1.18. The van der Waals surface area contributed by atoms with Gasteiger partial charge in [-0.1, -0.05) is 0 Å². The lowest BCUT2D eigenvalue weighted by Crippen LogP contribution is -2.53. The Hall–Kier alpha value is -2.18. The van der Waals surface area contributed by atoms with Gasteiger partial charge in [-0.15, -0.1) is 0 Å². The van der Waals surface area contributed by atoms with Crippen LogP contribution in [0.15, 0.2) is 18.2 Å². The van der Waals surface area contributed by atoms with Crippen LogP contribution in [0.25, 0.3) is 0 Å². The third-order valence-corrected chi connectivity index (χ3v) is 3.99. The van der Waals surface area contributed by atoms with E-state index in [1.807, 2.05) is 0 Å². The van der Waals surface area contributed by atoms with E-state index in [9.17, 15) is 18.4 Å². The second-order valence-corrected chi connectivity index (χ2v) is 5.70. The largest absolute Gasteiger partial charge is 0.353 e. The maximum Gasteiger partial charge on any atom is 0.318 e. The van der Waals surface area contributed by atoms with Crippen LogP contribution in [0.1, 0.15) is 24.4 Å². The molecule has 3 amide bonds. The lowest BCUT2D eigenvalue weighted by molar-refractivity contribution is -0.123. The quantitative estimate of drug-likeness (QED) is 0.890. The van der Waals surface area contributed by atoms with E-state index in [2.05, 4.69) is 10.6 Å². The smallest absolute Gasteiger partial charge is 0.318 e. The zero-order valence-corrected chi connectivity index (χ0v) is 11.9. The number of halogens is 2. The summed E-state index contributed by atoms with van der Waals surface area (Å²) < 4.78 is 27.4. The van der Waals surface area contributed by atoms with Gasteiger partial charge in [0.2, 0.25) is 5.91 Å². The Labute approximate surface area is 126 Å². The molecule has 1 heterocycles. The van der Waals surface area contributed by atoms with Crippen molar-refractivity contribution in [2.75, 3.05) is 19.6 Å².